The number of hydrogen-bond acceptors (Lipinski definition) is 3. The van der Waals surface area contributed by atoms with Crippen molar-refractivity contribution >= 4 is 17.5 Å². The Kier molecular flexibility index (Phi) is 5.01. The monoisotopic (exact) mass is 293 g/mol. The van der Waals surface area contributed by atoms with E-state index in [2.05, 4.69) is 10.4 Å². The molecule has 6 heteroatoms. The molecule has 0 saturated heterocycles. The van der Waals surface area contributed by atoms with Crippen LogP contribution in [0.5, 0.6) is 5.75 Å². The second-order valence-electron chi connectivity index (χ2n) is 4.23. The standard InChI is InChI=1S/C14H16ClN3O2/c1-2-7-16-14(19)13-6-8-18(17-13)10-20-12-5-3-4-11(15)9-12/h3-6,8-9H,2,7,10H2,1H3,(H,16,19). The summed E-state index contributed by atoms with van der Waals surface area (Å²) in [6.07, 6.45) is 2.59. The van der Waals surface area contributed by atoms with Crippen molar-refractivity contribution in [3.05, 3.63) is 47.2 Å². The van der Waals surface area contributed by atoms with Crippen molar-refractivity contribution in [2.75, 3.05) is 6.54 Å². The van der Waals surface area contributed by atoms with Crippen LogP contribution < -0.4 is 10.1 Å². The summed E-state index contributed by atoms with van der Waals surface area (Å²) in [6, 6.07) is 8.78. The molecule has 5 nitrogen and oxygen atoms in total. The Morgan fingerprint density at radius 1 is 1.45 bits per heavy atom. The van der Waals surface area contributed by atoms with Gasteiger partial charge in [0, 0.05) is 17.8 Å². The molecule has 1 heterocycles. The predicted molar refractivity (Wildman–Crippen MR) is 76.9 cm³/mol. The number of hydrogen-bond donors (Lipinski definition) is 1. The first-order valence-electron chi connectivity index (χ1n) is 6.39. The smallest absolute Gasteiger partial charge is 0.271 e. The molecule has 0 spiro atoms. The highest BCUT2D eigenvalue weighted by atomic mass is 35.5. The molecular formula is C14H16ClN3O2. The summed E-state index contributed by atoms with van der Waals surface area (Å²) >= 11 is 5.87. The molecule has 1 aromatic carbocycles. The molecule has 0 saturated carbocycles. The SMILES string of the molecule is CCCNC(=O)c1ccn(COc2cccc(Cl)c2)n1. The number of carbonyl (C=O) groups excluding carboxylic acids is 1. The number of aromatic nitrogens is 2. The zero-order valence-corrected chi connectivity index (χ0v) is 11.9. The Morgan fingerprint density at radius 2 is 2.30 bits per heavy atom. The number of halogens is 1. The molecular weight excluding hydrogens is 278 g/mol. The Hall–Kier alpha value is -2.01. The lowest BCUT2D eigenvalue weighted by Gasteiger charge is -2.06. The summed E-state index contributed by atoms with van der Waals surface area (Å²) in [5, 5.41) is 7.53. The van der Waals surface area contributed by atoms with E-state index in [1.807, 2.05) is 19.1 Å². The third kappa shape index (κ3) is 3.99. The largest absolute Gasteiger partial charge is 0.471 e. The first kappa shape index (κ1) is 14.4. The lowest BCUT2D eigenvalue weighted by molar-refractivity contribution is 0.0946. The Balaban J connectivity index is 1.91. The fourth-order valence-corrected chi connectivity index (χ4v) is 1.76. The van der Waals surface area contributed by atoms with Crippen LogP contribution in [0.2, 0.25) is 5.02 Å². The van der Waals surface area contributed by atoms with Gasteiger partial charge < -0.3 is 10.1 Å². The van der Waals surface area contributed by atoms with Gasteiger partial charge in [-0.2, -0.15) is 5.10 Å². The molecule has 0 atom stereocenters. The molecule has 0 aliphatic heterocycles. The van der Waals surface area contributed by atoms with Crippen LogP contribution in [0.3, 0.4) is 0 Å². The van der Waals surface area contributed by atoms with Crippen molar-refractivity contribution in [1.82, 2.24) is 15.1 Å². The topological polar surface area (TPSA) is 56.2 Å². The van der Waals surface area contributed by atoms with Gasteiger partial charge in [-0.25, -0.2) is 4.68 Å². The zero-order valence-electron chi connectivity index (χ0n) is 11.2. The minimum Gasteiger partial charge on any atom is -0.471 e. The first-order chi connectivity index (χ1) is 9.69. The van der Waals surface area contributed by atoms with E-state index in [0.29, 0.717) is 23.0 Å². The maximum Gasteiger partial charge on any atom is 0.271 e. The first-order valence-corrected chi connectivity index (χ1v) is 6.77. The van der Waals surface area contributed by atoms with Gasteiger partial charge in [0.2, 0.25) is 0 Å². The number of rotatable bonds is 6. The van der Waals surface area contributed by atoms with Crippen molar-refractivity contribution < 1.29 is 9.53 Å². The number of amides is 1. The fourth-order valence-electron chi connectivity index (χ4n) is 1.58. The second-order valence-corrected chi connectivity index (χ2v) is 4.66. The van der Waals surface area contributed by atoms with Crippen LogP contribution in [0.15, 0.2) is 36.5 Å². The van der Waals surface area contributed by atoms with E-state index in [4.69, 9.17) is 16.3 Å². The van der Waals surface area contributed by atoms with Crippen LogP contribution in [0, 0.1) is 0 Å². The predicted octanol–water partition coefficient (Wildman–Crippen LogP) is 2.71. The van der Waals surface area contributed by atoms with E-state index in [1.54, 1.807) is 29.1 Å². The van der Waals surface area contributed by atoms with Crippen molar-refractivity contribution in [1.29, 1.82) is 0 Å². The maximum atomic E-state index is 11.7. The summed E-state index contributed by atoms with van der Waals surface area (Å²) in [7, 11) is 0. The van der Waals surface area contributed by atoms with Crippen LogP contribution in [0.25, 0.3) is 0 Å². The van der Waals surface area contributed by atoms with Crippen LogP contribution in [0.1, 0.15) is 23.8 Å². The third-order valence-corrected chi connectivity index (χ3v) is 2.80. The van der Waals surface area contributed by atoms with Gasteiger partial charge in [0.1, 0.15) is 11.4 Å². The summed E-state index contributed by atoms with van der Waals surface area (Å²) in [6.45, 7) is 2.86. The number of nitrogens with zero attached hydrogens (tertiary/aromatic N) is 2. The van der Waals surface area contributed by atoms with Crippen LogP contribution in [0.4, 0.5) is 0 Å². The van der Waals surface area contributed by atoms with E-state index < -0.39 is 0 Å². The van der Waals surface area contributed by atoms with Crippen molar-refractivity contribution in [2.45, 2.75) is 20.1 Å². The van der Waals surface area contributed by atoms with Crippen molar-refractivity contribution in [2.24, 2.45) is 0 Å². The minimum atomic E-state index is -0.173. The summed E-state index contributed by atoms with van der Waals surface area (Å²) < 4.78 is 7.09. The van der Waals surface area contributed by atoms with Gasteiger partial charge in [0.25, 0.3) is 5.91 Å². The lowest BCUT2D eigenvalue weighted by Crippen LogP contribution is -2.24. The van der Waals surface area contributed by atoms with E-state index in [0.717, 1.165) is 6.42 Å². The van der Waals surface area contributed by atoms with Crippen molar-refractivity contribution in [3.63, 3.8) is 0 Å². The second kappa shape index (κ2) is 6.96. The number of ether oxygens (including phenoxy) is 1. The van der Waals surface area contributed by atoms with E-state index in [1.165, 1.54) is 0 Å². The molecule has 20 heavy (non-hydrogen) atoms. The van der Waals surface area contributed by atoms with Gasteiger partial charge in [0.15, 0.2) is 6.73 Å². The summed E-state index contributed by atoms with van der Waals surface area (Å²) in [5.74, 6) is 0.485. The summed E-state index contributed by atoms with van der Waals surface area (Å²) in [4.78, 5) is 11.7. The summed E-state index contributed by atoms with van der Waals surface area (Å²) in [5.41, 5.74) is 0.383. The Morgan fingerprint density at radius 3 is 3.05 bits per heavy atom. The Labute approximate surface area is 122 Å². The highest BCUT2D eigenvalue weighted by Crippen LogP contribution is 2.17. The fraction of sp³-hybridized carbons (Fsp3) is 0.286. The highest BCUT2D eigenvalue weighted by molar-refractivity contribution is 6.30. The molecule has 0 bridgehead atoms. The maximum absolute atomic E-state index is 11.7. The van der Waals surface area contributed by atoms with Crippen LogP contribution in [-0.2, 0) is 6.73 Å². The number of carbonyl (C=O) groups is 1. The third-order valence-electron chi connectivity index (χ3n) is 2.57. The van der Waals surface area contributed by atoms with Crippen LogP contribution in [-0.4, -0.2) is 22.2 Å². The normalized spacial score (nSPS) is 10.3. The molecule has 0 aliphatic rings. The molecule has 0 aliphatic carbocycles. The van der Waals surface area contributed by atoms with Gasteiger partial charge >= 0.3 is 0 Å². The molecule has 0 radical (unpaired) electrons. The Bertz CT molecular complexity index is 583. The van der Waals surface area contributed by atoms with E-state index in [9.17, 15) is 4.79 Å². The van der Waals surface area contributed by atoms with Crippen molar-refractivity contribution in [3.8, 4) is 5.75 Å². The zero-order chi connectivity index (χ0) is 14.4. The van der Waals surface area contributed by atoms with Crippen LogP contribution >= 0.6 is 11.6 Å². The molecule has 0 unspecified atom stereocenters. The van der Waals surface area contributed by atoms with E-state index in [-0.39, 0.29) is 12.6 Å². The lowest BCUT2D eigenvalue weighted by atomic mass is 10.3. The molecule has 0 fully saturated rings. The highest BCUT2D eigenvalue weighted by Gasteiger charge is 2.08. The van der Waals surface area contributed by atoms with Gasteiger partial charge in [-0.05, 0) is 30.7 Å². The molecule has 1 N–H and O–H groups in total. The molecule has 1 amide bonds. The number of benzene rings is 1. The van der Waals surface area contributed by atoms with E-state index >= 15 is 0 Å². The van der Waals surface area contributed by atoms with Gasteiger partial charge in [0.05, 0.1) is 0 Å². The van der Waals surface area contributed by atoms with Gasteiger partial charge in [-0.15, -0.1) is 0 Å². The van der Waals surface area contributed by atoms with Gasteiger partial charge in [-0.1, -0.05) is 24.6 Å². The molecule has 2 aromatic rings. The molecule has 2 rings (SSSR count). The molecule has 1 aromatic heterocycles. The molecule has 106 valence electrons. The average Bonchev–Trinajstić information content (AvgIpc) is 2.91. The van der Waals surface area contributed by atoms with Gasteiger partial charge in [-0.3, -0.25) is 4.79 Å². The number of nitrogens with one attached hydrogen (secondary N) is 1. The average molecular weight is 294 g/mol. The minimum absolute atomic E-state index is 0.173. The quantitative estimate of drug-likeness (QED) is 0.891.